The van der Waals surface area contributed by atoms with Crippen LogP contribution in [0.2, 0.25) is 0 Å². The molecule has 0 heterocycles. The molecular formula is C17H19N. The lowest BCUT2D eigenvalue weighted by molar-refractivity contribution is 0.788. The van der Waals surface area contributed by atoms with E-state index in [1.54, 1.807) is 0 Å². The van der Waals surface area contributed by atoms with Crippen molar-refractivity contribution in [1.82, 2.24) is 0 Å². The van der Waals surface area contributed by atoms with Gasteiger partial charge in [-0.05, 0) is 46.6 Å². The Balaban J connectivity index is 2.00. The summed E-state index contributed by atoms with van der Waals surface area (Å²) in [6.45, 7) is 2.95. The predicted octanol–water partition coefficient (Wildman–Crippen LogP) is 3.86. The van der Waals surface area contributed by atoms with E-state index in [2.05, 4.69) is 55.5 Å². The standard InChI is InChI=1S/C17H19N/c1-17(8-9-17)16-7-3-6-15(11-16)14-5-2-4-13(10-14)12-18/h2-7,10-11H,8-9,12,18H2,1H3. The van der Waals surface area contributed by atoms with Gasteiger partial charge in [0.05, 0.1) is 0 Å². The van der Waals surface area contributed by atoms with Gasteiger partial charge in [0, 0.05) is 6.54 Å². The van der Waals surface area contributed by atoms with E-state index in [0.29, 0.717) is 12.0 Å². The maximum absolute atomic E-state index is 5.71. The molecule has 1 saturated carbocycles. The minimum absolute atomic E-state index is 0.432. The third kappa shape index (κ3) is 2.06. The third-order valence-corrected chi connectivity index (χ3v) is 4.06. The Hall–Kier alpha value is -1.60. The van der Waals surface area contributed by atoms with Crippen LogP contribution < -0.4 is 5.73 Å². The molecule has 1 nitrogen and oxygen atoms in total. The quantitative estimate of drug-likeness (QED) is 0.861. The molecule has 18 heavy (non-hydrogen) atoms. The van der Waals surface area contributed by atoms with Crippen LogP contribution >= 0.6 is 0 Å². The summed E-state index contributed by atoms with van der Waals surface area (Å²) >= 11 is 0. The maximum atomic E-state index is 5.71. The second kappa shape index (κ2) is 4.25. The van der Waals surface area contributed by atoms with Crippen molar-refractivity contribution in [3.63, 3.8) is 0 Å². The fraction of sp³-hybridized carbons (Fsp3) is 0.294. The smallest absolute Gasteiger partial charge is 0.0178 e. The third-order valence-electron chi connectivity index (χ3n) is 4.06. The summed E-state index contributed by atoms with van der Waals surface area (Å²) in [5, 5.41) is 0. The Morgan fingerprint density at radius 3 is 2.33 bits per heavy atom. The van der Waals surface area contributed by atoms with Crippen molar-refractivity contribution in [2.75, 3.05) is 0 Å². The first kappa shape index (κ1) is 11.5. The highest BCUT2D eigenvalue weighted by atomic mass is 14.5. The van der Waals surface area contributed by atoms with Crippen molar-refractivity contribution in [3.05, 3.63) is 59.7 Å². The van der Waals surface area contributed by atoms with Gasteiger partial charge in [-0.25, -0.2) is 0 Å². The van der Waals surface area contributed by atoms with Gasteiger partial charge in [-0.15, -0.1) is 0 Å². The summed E-state index contributed by atoms with van der Waals surface area (Å²) in [5.41, 5.74) is 11.4. The number of nitrogens with two attached hydrogens (primary N) is 1. The van der Waals surface area contributed by atoms with Crippen molar-refractivity contribution in [3.8, 4) is 11.1 Å². The molecule has 2 N–H and O–H groups in total. The summed E-state index contributed by atoms with van der Waals surface area (Å²) in [6.07, 6.45) is 2.64. The summed E-state index contributed by atoms with van der Waals surface area (Å²) in [4.78, 5) is 0. The minimum atomic E-state index is 0.432. The van der Waals surface area contributed by atoms with E-state index >= 15 is 0 Å². The highest BCUT2D eigenvalue weighted by Gasteiger charge is 2.38. The van der Waals surface area contributed by atoms with Gasteiger partial charge in [0.2, 0.25) is 0 Å². The molecule has 0 aromatic heterocycles. The van der Waals surface area contributed by atoms with E-state index in [4.69, 9.17) is 5.73 Å². The van der Waals surface area contributed by atoms with E-state index in [9.17, 15) is 0 Å². The molecule has 3 rings (SSSR count). The van der Waals surface area contributed by atoms with E-state index in [-0.39, 0.29) is 0 Å². The SMILES string of the molecule is CC1(c2cccc(-c3cccc(CN)c3)c2)CC1. The van der Waals surface area contributed by atoms with Crippen LogP contribution in [0, 0.1) is 0 Å². The van der Waals surface area contributed by atoms with Crippen molar-refractivity contribution in [2.45, 2.75) is 31.7 Å². The van der Waals surface area contributed by atoms with Gasteiger partial charge in [-0.2, -0.15) is 0 Å². The molecule has 0 unspecified atom stereocenters. The van der Waals surface area contributed by atoms with Crippen molar-refractivity contribution in [1.29, 1.82) is 0 Å². The fourth-order valence-corrected chi connectivity index (χ4v) is 2.43. The Morgan fingerprint density at radius 2 is 1.67 bits per heavy atom. The van der Waals surface area contributed by atoms with Crippen molar-refractivity contribution >= 4 is 0 Å². The zero-order chi connectivity index (χ0) is 12.6. The highest BCUT2D eigenvalue weighted by molar-refractivity contribution is 5.65. The van der Waals surface area contributed by atoms with Gasteiger partial charge >= 0.3 is 0 Å². The lowest BCUT2D eigenvalue weighted by Gasteiger charge is -2.11. The topological polar surface area (TPSA) is 26.0 Å². The van der Waals surface area contributed by atoms with Crippen molar-refractivity contribution < 1.29 is 0 Å². The molecule has 0 aliphatic heterocycles. The molecule has 0 amide bonds. The molecule has 0 bridgehead atoms. The van der Waals surface area contributed by atoms with Gasteiger partial charge in [-0.3, -0.25) is 0 Å². The van der Waals surface area contributed by atoms with Crippen LogP contribution in [-0.2, 0) is 12.0 Å². The molecule has 92 valence electrons. The molecule has 0 spiro atoms. The first-order valence-electron chi connectivity index (χ1n) is 6.61. The minimum Gasteiger partial charge on any atom is -0.326 e. The van der Waals surface area contributed by atoms with Crippen LogP contribution in [0.3, 0.4) is 0 Å². The Bertz CT molecular complexity index is 567. The lowest BCUT2D eigenvalue weighted by Crippen LogP contribution is -1.99. The van der Waals surface area contributed by atoms with E-state index in [1.165, 1.54) is 35.1 Å². The van der Waals surface area contributed by atoms with Gasteiger partial charge in [-0.1, -0.05) is 49.4 Å². The second-order valence-electron chi connectivity index (χ2n) is 5.55. The van der Waals surface area contributed by atoms with Crippen molar-refractivity contribution in [2.24, 2.45) is 5.73 Å². The Morgan fingerprint density at radius 1 is 1.00 bits per heavy atom. The largest absolute Gasteiger partial charge is 0.326 e. The molecule has 1 fully saturated rings. The monoisotopic (exact) mass is 237 g/mol. The predicted molar refractivity (Wildman–Crippen MR) is 76.4 cm³/mol. The Labute approximate surface area is 109 Å². The van der Waals surface area contributed by atoms with E-state index in [1.807, 2.05) is 0 Å². The van der Waals surface area contributed by atoms with E-state index < -0.39 is 0 Å². The van der Waals surface area contributed by atoms with Crippen LogP contribution in [-0.4, -0.2) is 0 Å². The lowest BCUT2D eigenvalue weighted by atomic mass is 9.94. The number of hydrogen-bond acceptors (Lipinski definition) is 1. The maximum Gasteiger partial charge on any atom is 0.0178 e. The highest BCUT2D eigenvalue weighted by Crippen LogP contribution is 2.48. The van der Waals surface area contributed by atoms with Crippen LogP contribution in [0.25, 0.3) is 11.1 Å². The summed E-state index contributed by atoms with van der Waals surface area (Å²) in [7, 11) is 0. The molecule has 1 heteroatoms. The summed E-state index contributed by atoms with van der Waals surface area (Å²) < 4.78 is 0. The number of hydrogen-bond donors (Lipinski definition) is 1. The second-order valence-corrected chi connectivity index (χ2v) is 5.55. The first-order valence-corrected chi connectivity index (χ1v) is 6.61. The van der Waals surface area contributed by atoms with Crippen LogP contribution in [0.1, 0.15) is 30.9 Å². The van der Waals surface area contributed by atoms with Gasteiger partial charge in [0.15, 0.2) is 0 Å². The summed E-state index contributed by atoms with van der Waals surface area (Å²) in [6, 6.07) is 17.5. The summed E-state index contributed by atoms with van der Waals surface area (Å²) in [5.74, 6) is 0. The number of rotatable bonds is 3. The zero-order valence-corrected chi connectivity index (χ0v) is 10.8. The average Bonchev–Trinajstić information content (AvgIpc) is 3.18. The van der Waals surface area contributed by atoms with Crippen LogP contribution in [0.4, 0.5) is 0 Å². The molecule has 1 aliphatic carbocycles. The molecule has 2 aromatic carbocycles. The average molecular weight is 237 g/mol. The first-order chi connectivity index (χ1) is 8.71. The fourth-order valence-electron chi connectivity index (χ4n) is 2.43. The molecule has 1 aliphatic rings. The van der Waals surface area contributed by atoms with Gasteiger partial charge < -0.3 is 5.73 Å². The molecule has 0 saturated heterocycles. The molecule has 2 aromatic rings. The normalized spacial score (nSPS) is 16.6. The van der Waals surface area contributed by atoms with E-state index in [0.717, 1.165) is 0 Å². The Kier molecular flexibility index (Phi) is 2.71. The molecule has 0 radical (unpaired) electrons. The molecular weight excluding hydrogens is 218 g/mol. The number of benzene rings is 2. The van der Waals surface area contributed by atoms with Gasteiger partial charge in [0.25, 0.3) is 0 Å². The molecule has 0 atom stereocenters. The zero-order valence-electron chi connectivity index (χ0n) is 10.8. The van der Waals surface area contributed by atoms with Crippen LogP contribution in [0.5, 0.6) is 0 Å². The van der Waals surface area contributed by atoms with Gasteiger partial charge in [0.1, 0.15) is 0 Å². The van der Waals surface area contributed by atoms with Crippen LogP contribution in [0.15, 0.2) is 48.5 Å².